The van der Waals surface area contributed by atoms with E-state index in [0.717, 1.165) is 5.69 Å². The molecule has 0 bridgehead atoms. The van der Waals surface area contributed by atoms with Crippen LogP contribution >= 0.6 is 0 Å². The van der Waals surface area contributed by atoms with Crippen LogP contribution in [-0.4, -0.2) is 43.5 Å². The predicted octanol–water partition coefficient (Wildman–Crippen LogP) is -0.0229. The van der Waals surface area contributed by atoms with Crippen molar-refractivity contribution in [1.82, 2.24) is 9.97 Å². The number of methoxy groups -OCH3 is 1. The van der Waals surface area contributed by atoms with Crippen LogP contribution in [0.3, 0.4) is 0 Å². The maximum absolute atomic E-state index is 5.44. The van der Waals surface area contributed by atoms with Gasteiger partial charge in [0.25, 0.3) is 0 Å². The van der Waals surface area contributed by atoms with Crippen molar-refractivity contribution in [1.29, 1.82) is 0 Å². The molecule has 1 rings (SSSR count). The Morgan fingerprint density at radius 1 is 1.25 bits per heavy atom. The van der Waals surface area contributed by atoms with E-state index in [4.69, 9.17) is 19.9 Å². The lowest BCUT2D eigenvalue weighted by molar-refractivity contribution is 0.0528. The Labute approximate surface area is 94.7 Å². The van der Waals surface area contributed by atoms with Gasteiger partial charge in [-0.2, -0.15) is 4.98 Å². The molecule has 2 N–H and O–H groups in total. The van der Waals surface area contributed by atoms with Gasteiger partial charge >= 0.3 is 6.01 Å². The molecule has 1 aromatic rings. The van der Waals surface area contributed by atoms with Crippen molar-refractivity contribution in [2.45, 2.75) is 6.54 Å². The third-order valence-corrected chi connectivity index (χ3v) is 1.79. The highest BCUT2D eigenvalue weighted by atomic mass is 16.5. The monoisotopic (exact) mass is 227 g/mol. The van der Waals surface area contributed by atoms with Gasteiger partial charge in [0.2, 0.25) is 0 Å². The van der Waals surface area contributed by atoms with Crippen molar-refractivity contribution in [3.63, 3.8) is 0 Å². The largest absolute Gasteiger partial charge is 0.461 e. The minimum atomic E-state index is 0.332. The van der Waals surface area contributed by atoms with E-state index in [1.807, 2.05) is 0 Å². The van der Waals surface area contributed by atoms with Gasteiger partial charge in [0.15, 0.2) is 0 Å². The summed E-state index contributed by atoms with van der Waals surface area (Å²) in [7, 11) is 1.63. The summed E-state index contributed by atoms with van der Waals surface area (Å²) < 4.78 is 15.3. The molecule has 0 radical (unpaired) electrons. The van der Waals surface area contributed by atoms with Crippen LogP contribution in [0.4, 0.5) is 0 Å². The molecule has 0 aromatic carbocycles. The van der Waals surface area contributed by atoms with Crippen LogP contribution in [0, 0.1) is 0 Å². The zero-order valence-electron chi connectivity index (χ0n) is 9.39. The third kappa shape index (κ3) is 5.01. The fourth-order valence-electron chi connectivity index (χ4n) is 0.995. The number of rotatable bonds is 8. The summed E-state index contributed by atoms with van der Waals surface area (Å²) in [6, 6.07) is 2.08. The predicted molar refractivity (Wildman–Crippen MR) is 58.1 cm³/mol. The van der Waals surface area contributed by atoms with E-state index < -0.39 is 0 Å². The first-order valence-corrected chi connectivity index (χ1v) is 5.08. The number of hydrogen-bond donors (Lipinski definition) is 1. The van der Waals surface area contributed by atoms with Gasteiger partial charge in [-0.05, 0) is 6.07 Å². The second-order valence-corrected chi connectivity index (χ2v) is 2.99. The highest BCUT2D eigenvalue weighted by Crippen LogP contribution is 2.01. The Balaban J connectivity index is 2.16. The average Bonchev–Trinajstić information content (AvgIpc) is 2.34. The first-order chi connectivity index (χ1) is 7.86. The summed E-state index contributed by atoms with van der Waals surface area (Å²) in [6.45, 7) is 2.42. The zero-order valence-corrected chi connectivity index (χ0v) is 9.39. The summed E-state index contributed by atoms with van der Waals surface area (Å²) in [5, 5.41) is 0. The molecule has 6 nitrogen and oxygen atoms in total. The van der Waals surface area contributed by atoms with E-state index in [-0.39, 0.29) is 0 Å². The molecular formula is C10H17N3O3. The number of nitrogens with zero attached hydrogens (tertiary/aromatic N) is 2. The summed E-state index contributed by atoms with van der Waals surface area (Å²) in [6.07, 6.45) is 1.62. The fourth-order valence-corrected chi connectivity index (χ4v) is 0.995. The highest BCUT2D eigenvalue weighted by Gasteiger charge is 1.98. The van der Waals surface area contributed by atoms with E-state index in [0.29, 0.717) is 39.0 Å². The van der Waals surface area contributed by atoms with E-state index in [9.17, 15) is 0 Å². The van der Waals surface area contributed by atoms with Gasteiger partial charge in [0.05, 0.1) is 25.5 Å². The molecule has 0 unspecified atom stereocenters. The molecular weight excluding hydrogens is 210 g/mol. The number of nitrogens with two attached hydrogens (primary N) is 1. The van der Waals surface area contributed by atoms with E-state index in [1.54, 1.807) is 19.4 Å². The first kappa shape index (κ1) is 12.8. The van der Waals surface area contributed by atoms with Gasteiger partial charge in [-0.25, -0.2) is 4.98 Å². The Morgan fingerprint density at radius 3 is 2.81 bits per heavy atom. The Hall–Kier alpha value is -1.24. The van der Waals surface area contributed by atoms with Crippen LogP contribution < -0.4 is 10.5 Å². The van der Waals surface area contributed by atoms with E-state index >= 15 is 0 Å². The molecule has 0 aliphatic carbocycles. The van der Waals surface area contributed by atoms with Crippen LogP contribution in [0.2, 0.25) is 0 Å². The van der Waals surface area contributed by atoms with Crippen LogP contribution in [0.5, 0.6) is 6.01 Å². The molecule has 0 atom stereocenters. The first-order valence-electron chi connectivity index (χ1n) is 5.08. The van der Waals surface area contributed by atoms with Crippen molar-refractivity contribution in [3.8, 4) is 6.01 Å². The third-order valence-electron chi connectivity index (χ3n) is 1.79. The van der Waals surface area contributed by atoms with Gasteiger partial charge in [-0.15, -0.1) is 0 Å². The molecule has 0 fully saturated rings. The molecule has 90 valence electrons. The van der Waals surface area contributed by atoms with Crippen molar-refractivity contribution >= 4 is 0 Å². The molecule has 0 aliphatic rings. The van der Waals surface area contributed by atoms with Gasteiger partial charge in [-0.1, -0.05) is 0 Å². The molecule has 6 heteroatoms. The molecule has 0 saturated heterocycles. The van der Waals surface area contributed by atoms with Crippen molar-refractivity contribution in [3.05, 3.63) is 18.0 Å². The SMILES string of the molecule is COCCOCCOc1nccc(CN)n1. The van der Waals surface area contributed by atoms with Gasteiger partial charge in [0.1, 0.15) is 6.61 Å². The Morgan fingerprint density at radius 2 is 2.06 bits per heavy atom. The molecule has 0 aliphatic heterocycles. The van der Waals surface area contributed by atoms with Crippen LogP contribution in [-0.2, 0) is 16.0 Å². The average molecular weight is 227 g/mol. The lowest BCUT2D eigenvalue weighted by Crippen LogP contribution is -2.12. The van der Waals surface area contributed by atoms with E-state index in [1.165, 1.54) is 0 Å². The second kappa shape index (κ2) is 7.98. The Kier molecular flexibility index (Phi) is 6.39. The molecule has 0 spiro atoms. The smallest absolute Gasteiger partial charge is 0.316 e. The molecule has 1 aromatic heterocycles. The number of ether oxygens (including phenoxy) is 3. The van der Waals surface area contributed by atoms with Crippen molar-refractivity contribution in [2.24, 2.45) is 5.73 Å². The van der Waals surface area contributed by atoms with Crippen molar-refractivity contribution < 1.29 is 14.2 Å². The minimum Gasteiger partial charge on any atom is -0.461 e. The topological polar surface area (TPSA) is 79.5 Å². The number of hydrogen-bond acceptors (Lipinski definition) is 6. The fraction of sp³-hybridized carbons (Fsp3) is 0.600. The molecule has 1 heterocycles. The molecule has 16 heavy (non-hydrogen) atoms. The van der Waals surface area contributed by atoms with Crippen LogP contribution in [0.1, 0.15) is 5.69 Å². The lowest BCUT2D eigenvalue weighted by atomic mass is 10.4. The Bertz CT molecular complexity index is 296. The normalized spacial score (nSPS) is 10.4. The van der Waals surface area contributed by atoms with Crippen LogP contribution in [0.25, 0.3) is 0 Å². The zero-order chi connectivity index (χ0) is 11.6. The maximum Gasteiger partial charge on any atom is 0.316 e. The maximum atomic E-state index is 5.44. The highest BCUT2D eigenvalue weighted by molar-refractivity contribution is 5.04. The molecule has 0 amide bonds. The summed E-state index contributed by atoms with van der Waals surface area (Å²) >= 11 is 0. The second-order valence-electron chi connectivity index (χ2n) is 2.99. The molecule has 0 saturated carbocycles. The number of aromatic nitrogens is 2. The van der Waals surface area contributed by atoms with Crippen molar-refractivity contribution in [2.75, 3.05) is 33.5 Å². The summed E-state index contributed by atoms with van der Waals surface area (Å²) in [4.78, 5) is 8.04. The summed E-state index contributed by atoms with van der Waals surface area (Å²) in [5.74, 6) is 0. The summed E-state index contributed by atoms with van der Waals surface area (Å²) in [5.41, 5.74) is 6.20. The van der Waals surface area contributed by atoms with Gasteiger partial charge < -0.3 is 19.9 Å². The minimum absolute atomic E-state index is 0.332. The van der Waals surface area contributed by atoms with Gasteiger partial charge in [0, 0.05) is 19.9 Å². The van der Waals surface area contributed by atoms with Crippen LogP contribution in [0.15, 0.2) is 12.3 Å². The lowest BCUT2D eigenvalue weighted by Gasteiger charge is -2.05. The van der Waals surface area contributed by atoms with E-state index in [2.05, 4.69) is 9.97 Å². The standard InChI is InChI=1S/C10H17N3O3/c1-14-4-5-15-6-7-16-10-12-3-2-9(8-11)13-10/h2-3H,4-8,11H2,1H3. The quantitative estimate of drug-likeness (QED) is 0.629. The van der Waals surface area contributed by atoms with Gasteiger partial charge in [-0.3, -0.25) is 0 Å².